The Hall–Kier alpha value is -1.88. The summed E-state index contributed by atoms with van der Waals surface area (Å²) < 4.78 is 4.55. The molecule has 0 aromatic heterocycles. The minimum atomic E-state index is -0.246. The third-order valence-corrected chi connectivity index (χ3v) is 3.48. The van der Waals surface area contributed by atoms with E-state index in [-0.39, 0.29) is 17.9 Å². The van der Waals surface area contributed by atoms with Crippen LogP contribution in [-0.2, 0) is 27.3 Å². The lowest BCUT2D eigenvalue weighted by molar-refractivity contribution is -0.140. The molecule has 1 amide bonds. The maximum Gasteiger partial charge on any atom is 0.305 e. The summed E-state index contributed by atoms with van der Waals surface area (Å²) >= 11 is 0. The zero-order chi connectivity index (χ0) is 14.4. The van der Waals surface area contributed by atoms with Gasteiger partial charge in [0.1, 0.15) is 0 Å². The molecule has 1 aliphatic heterocycles. The van der Waals surface area contributed by atoms with E-state index in [0.29, 0.717) is 25.8 Å². The second-order valence-electron chi connectivity index (χ2n) is 4.88. The van der Waals surface area contributed by atoms with Crippen LogP contribution in [0.25, 0.3) is 0 Å². The van der Waals surface area contributed by atoms with Gasteiger partial charge in [-0.1, -0.05) is 24.3 Å². The molecule has 2 rings (SSSR count). The van der Waals surface area contributed by atoms with Crippen molar-refractivity contribution in [3.05, 3.63) is 35.4 Å². The number of carbonyl (C=O) groups is 2. The van der Waals surface area contributed by atoms with E-state index in [0.717, 1.165) is 6.54 Å². The molecular weight excluding hydrogens is 256 g/mol. The number of esters is 1. The standard InChI is InChI=1S/C15H20N2O3/c1-20-14(18)7-4-8-16-15(19)13-9-11-5-2-3-6-12(11)10-17-13/h2-3,5-6,13,17H,4,7-10H2,1H3,(H,16,19)/t13-/m1/s1. The van der Waals surface area contributed by atoms with Crippen LogP contribution in [0, 0.1) is 0 Å². The first-order valence-electron chi connectivity index (χ1n) is 6.85. The molecule has 0 unspecified atom stereocenters. The fourth-order valence-corrected chi connectivity index (χ4v) is 2.31. The highest BCUT2D eigenvalue weighted by molar-refractivity contribution is 5.82. The first kappa shape index (κ1) is 14.5. The fourth-order valence-electron chi connectivity index (χ4n) is 2.31. The first-order valence-corrected chi connectivity index (χ1v) is 6.85. The van der Waals surface area contributed by atoms with Crippen molar-refractivity contribution in [3.8, 4) is 0 Å². The number of benzene rings is 1. The van der Waals surface area contributed by atoms with Crippen molar-refractivity contribution in [1.82, 2.24) is 10.6 Å². The van der Waals surface area contributed by atoms with Crippen LogP contribution in [0.15, 0.2) is 24.3 Å². The molecule has 2 N–H and O–H groups in total. The largest absolute Gasteiger partial charge is 0.469 e. The third kappa shape index (κ3) is 3.81. The number of amides is 1. The van der Waals surface area contributed by atoms with E-state index in [9.17, 15) is 9.59 Å². The summed E-state index contributed by atoms with van der Waals surface area (Å²) in [4.78, 5) is 23.0. The number of ether oxygens (including phenoxy) is 1. The molecule has 0 saturated heterocycles. The highest BCUT2D eigenvalue weighted by Gasteiger charge is 2.23. The number of rotatable bonds is 5. The molecule has 5 heteroatoms. The summed E-state index contributed by atoms with van der Waals surface area (Å²) in [6.07, 6.45) is 1.64. The maximum atomic E-state index is 12.0. The van der Waals surface area contributed by atoms with E-state index in [1.165, 1.54) is 18.2 Å². The average molecular weight is 276 g/mol. The van der Waals surface area contributed by atoms with Gasteiger partial charge in [-0.3, -0.25) is 9.59 Å². The predicted molar refractivity (Wildman–Crippen MR) is 75.0 cm³/mol. The van der Waals surface area contributed by atoms with Crippen LogP contribution in [0.5, 0.6) is 0 Å². The Bertz CT molecular complexity index is 488. The van der Waals surface area contributed by atoms with Gasteiger partial charge < -0.3 is 15.4 Å². The van der Waals surface area contributed by atoms with E-state index in [4.69, 9.17) is 0 Å². The number of nitrogens with one attached hydrogen (secondary N) is 2. The number of hydrogen-bond acceptors (Lipinski definition) is 4. The number of fused-ring (bicyclic) bond motifs is 1. The smallest absolute Gasteiger partial charge is 0.305 e. The monoisotopic (exact) mass is 276 g/mol. The number of methoxy groups -OCH3 is 1. The maximum absolute atomic E-state index is 12.0. The van der Waals surface area contributed by atoms with Crippen molar-refractivity contribution < 1.29 is 14.3 Å². The fraction of sp³-hybridized carbons (Fsp3) is 0.467. The molecule has 0 bridgehead atoms. The van der Waals surface area contributed by atoms with Gasteiger partial charge >= 0.3 is 5.97 Å². The lowest BCUT2D eigenvalue weighted by Crippen LogP contribution is -2.47. The topological polar surface area (TPSA) is 67.4 Å². The van der Waals surface area contributed by atoms with Crippen LogP contribution in [0.1, 0.15) is 24.0 Å². The molecule has 0 radical (unpaired) electrons. The molecule has 1 aromatic carbocycles. The highest BCUT2D eigenvalue weighted by Crippen LogP contribution is 2.16. The molecule has 1 aliphatic rings. The third-order valence-electron chi connectivity index (χ3n) is 3.48. The second kappa shape index (κ2) is 7.05. The van der Waals surface area contributed by atoms with Gasteiger partial charge in [0.15, 0.2) is 0 Å². The molecule has 1 heterocycles. The van der Waals surface area contributed by atoms with Gasteiger partial charge in [-0.05, 0) is 24.0 Å². The summed E-state index contributed by atoms with van der Waals surface area (Å²) in [7, 11) is 1.37. The Morgan fingerprint density at radius 1 is 1.35 bits per heavy atom. The van der Waals surface area contributed by atoms with E-state index in [1.54, 1.807) is 0 Å². The Kier molecular flexibility index (Phi) is 5.12. The summed E-state index contributed by atoms with van der Waals surface area (Å²) in [6, 6.07) is 7.95. The number of hydrogen-bond donors (Lipinski definition) is 2. The van der Waals surface area contributed by atoms with Crippen molar-refractivity contribution in [3.63, 3.8) is 0 Å². The Labute approximate surface area is 118 Å². The minimum absolute atomic E-state index is 0.00984. The van der Waals surface area contributed by atoms with E-state index in [1.807, 2.05) is 12.1 Å². The quantitative estimate of drug-likeness (QED) is 0.616. The van der Waals surface area contributed by atoms with Crippen LogP contribution in [0.3, 0.4) is 0 Å². The van der Waals surface area contributed by atoms with Crippen LogP contribution < -0.4 is 10.6 Å². The molecule has 20 heavy (non-hydrogen) atoms. The summed E-state index contributed by atoms with van der Waals surface area (Å²) in [5.74, 6) is -0.256. The highest BCUT2D eigenvalue weighted by atomic mass is 16.5. The zero-order valence-corrected chi connectivity index (χ0v) is 11.6. The van der Waals surface area contributed by atoms with Crippen molar-refractivity contribution >= 4 is 11.9 Å². The average Bonchev–Trinajstić information content (AvgIpc) is 2.50. The molecule has 5 nitrogen and oxygen atoms in total. The zero-order valence-electron chi connectivity index (χ0n) is 11.6. The summed E-state index contributed by atoms with van der Waals surface area (Å²) in [5, 5.41) is 6.09. The van der Waals surface area contributed by atoms with Crippen LogP contribution in [0.2, 0.25) is 0 Å². The van der Waals surface area contributed by atoms with E-state index >= 15 is 0 Å². The van der Waals surface area contributed by atoms with Gasteiger partial charge in [0.2, 0.25) is 5.91 Å². The number of carbonyl (C=O) groups excluding carboxylic acids is 2. The van der Waals surface area contributed by atoms with Gasteiger partial charge in [0.25, 0.3) is 0 Å². The minimum Gasteiger partial charge on any atom is -0.469 e. The molecule has 0 saturated carbocycles. The first-order chi connectivity index (χ1) is 9.70. The molecule has 0 aliphatic carbocycles. The summed E-state index contributed by atoms with van der Waals surface area (Å²) in [6.45, 7) is 1.21. The molecule has 108 valence electrons. The van der Waals surface area contributed by atoms with Crippen LogP contribution in [0.4, 0.5) is 0 Å². The molecule has 0 spiro atoms. The SMILES string of the molecule is COC(=O)CCCNC(=O)[C@H]1Cc2ccccc2CN1. The lowest BCUT2D eigenvalue weighted by Gasteiger charge is -2.25. The van der Waals surface area contributed by atoms with Gasteiger partial charge in [-0.15, -0.1) is 0 Å². The van der Waals surface area contributed by atoms with E-state index < -0.39 is 0 Å². The van der Waals surface area contributed by atoms with Gasteiger partial charge in [0.05, 0.1) is 13.2 Å². The Morgan fingerprint density at radius 2 is 2.10 bits per heavy atom. The van der Waals surface area contributed by atoms with Crippen LogP contribution in [-0.4, -0.2) is 31.6 Å². The van der Waals surface area contributed by atoms with Gasteiger partial charge in [0, 0.05) is 19.5 Å². The van der Waals surface area contributed by atoms with Crippen molar-refractivity contribution in [2.24, 2.45) is 0 Å². The molecule has 1 atom stereocenters. The summed E-state index contributed by atoms with van der Waals surface area (Å²) in [5.41, 5.74) is 2.48. The van der Waals surface area contributed by atoms with Crippen LogP contribution >= 0.6 is 0 Å². The molecule has 0 fully saturated rings. The molecule has 1 aromatic rings. The van der Waals surface area contributed by atoms with Crippen molar-refractivity contribution in [1.29, 1.82) is 0 Å². The lowest BCUT2D eigenvalue weighted by atomic mass is 9.95. The van der Waals surface area contributed by atoms with Gasteiger partial charge in [-0.25, -0.2) is 0 Å². The Morgan fingerprint density at radius 3 is 2.85 bits per heavy atom. The molecular formula is C15H20N2O3. The predicted octanol–water partition coefficient (Wildman–Crippen LogP) is 0.770. The van der Waals surface area contributed by atoms with E-state index in [2.05, 4.69) is 27.5 Å². The second-order valence-corrected chi connectivity index (χ2v) is 4.88. The Balaban J connectivity index is 1.76. The van der Waals surface area contributed by atoms with Gasteiger partial charge in [-0.2, -0.15) is 0 Å². The van der Waals surface area contributed by atoms with Crippen molar-refractivity contribution in [2.45, 2.75) is 31.8 Å². The van der Waals surface area contributed by atoms with Crippen molar-refractivity contribution in [2.75, 3.05) is 13.7 Å². The normalized spacial score (nSPS) is 17.1.